The Morgan fingerprint density at radius 1 is 1.10 bits per heavy atom. The van der Waals surface area contributed by atoms with Crippen LogP contribution in [0.2, 0.25) is 0 Å². The molecule has 0 aromatic heterocycles. The molecule has 2 nitrogen and oxygen atoms in total. The van der Waals surface area contributed by atoms with Crippen molar-refractivity contribution in [3.63, 3.8) is 0 Å². The standard InChI is InChI=1S/C16H17Br2NO/c1-11(12-6-4-3-5-7-12)10-19-15-9-16(20-2)14(18)8-13(15)17/h3-9,11,19H,10H2,1-2H3. The zero-order valence-corrected chi connectivity index (χ0v) is 14.7. The molecule has 0 spiro atoms. The summed E-state index contributed by atoms with van der Waals surface area (Å²) in [6, 6.07) is 14.5. The Morgan fingerprint density at radius 3 is 2.45 bits per heavy atom. The van der Waals surface area contributed by atoms with Gasteiger partial charge in [0, 0.05) is 17.1 Å². The molecular formula is C16H17Br2NO. The fraction of sp³-hybridized carbons (Fsp3) is 0.250. The minimum atomic E-state index is 0.442. The Hall–Kier alpha value is -1.000. The van der Waals surface area contributed by atoms with E-state index in [1.807, 2.05) is 18.2 Å². The average molecular weight is 399 g/mol. The summed E-state index contributed by atoms with van der Waals surface area (Å²) in [5, 5.41) is 3.47. The lowest BCUT2D eigenvalue weighted by Gasteiger charge is -2.16. The van der Waals surface area contributed by atoms with E-state index in [0.717, 1.165) is 26.9 Å². The molecule has 0 aliphatic heterocycles. The molecule has 0 heterocycles. The van der Waals surface area contributed by atoms with E-state index in [1.165, 1.54) is 5.56 Å². The Balaban J connectivity index is 2.07. The van der Waals surface area contributed by atoms with Crippen LogP contribution in [0.5, 0.6) is 5.75 Å². The van der Waals surface area contributed by atoms with Gasteiger partial charge in [0.2, 0.25) is 0 Å². The van der Waals surface area contributed by atoms with Crippen LogP contribution >= 0.6 is 31.9 Å². The molecule has 1 atom stereocenters. The largest absolute Gasteiger partial charge is 0.495 e. The predicted molar refractivity (Wildman–Crippen MR) is 91.7 cm³/mol. The molecule has 0 fully saturated rings. The van der Waals surface area contributed by atoms with Gasteiger partial charge in [0.15, 0.2) is 0 Å². The lowest BCUT2D eigenvalue weighted by molar-refractivity contribution is 0.412. The van der Waals surface area contributed by atoms with E-state index in [9.17, 15) is 0 Å². The molecule has 1 N–H and O–H groups in total. The fourth-order valence-electron chi connectivity index (χ4n) is 1.98. The van der Waals surface area contributed by atoms with Crippen LogP contribution in [0.4, 0.5) is 5.69 Å². The number of ether oxygens (including phenoxy) is 1. The van der Waals surface area contributed by atoms with Gasteiger partial charge in [-0.1, -0.05) is 37.3 Å². The number of anilines is 1. The summed E-state index contributed by atoms with van der Waals surface area (Å²) in [4.78, 5) is 0. The molecule has 2 aromatic rings. The molecular weight excluding hydrogens is 382 g/mol. The molecule has 0 bridgehead atoms. The predicted octanol–water partition coefficient (Wildman–Crippen LogP) is 5.44. The normalized spacial score (nSPS) is 12.0. The van der Waals surface area contributed by atoms with Gasteiger partial charge in [0.25, 0.3) is 0 Å². The SMILES string of the molecule is COc1cc(NCC(C)c2ccccc2)c(Br)cc1Br. The Bertz CT molecular complexity index is 572. The Labute approximate surface area is 136 Å². The highest BCUT2D eigenvalue weighted by Gasteiger charge is 2.09. The molecule has 20 heavy (non-hydrogen) atoms. The van der Waals surface area contributed by atoms with Crippen molar-refractivity contribution in [3.05, 3.63) is 57.0 Å². The summed E-state index contributed by atoms with van der Waals surface area (Å²) in [6.07, 6.45) is 0. The first-order valence-corrected chi connectivity index (χ1v) is 8.02. The highest BCUT2D eigenvalue weighted by atomic mass is 79.9. The van der Waals surface area contributed by atoms with E-state index >= 15 is 0 Å². The molecule has 1 unspecified atom stereocenters. The summed E-state index contributed by atoms with van der Waals surface area (Å²) < 4.78 is 7.28. The van der Waals surface area contributed by atoms with Crippen molar-refractivity contribution in [2.24, 2.45) is 0 Å². The van der Waals surface area contributed by atoms with Crippen LogP contribution in [0.3, 0.4) is 0 Å². The summed E-state index contributed by atoms with van der Waals surface area (Å²) in [7, 11) is 1.67. The average Bonchev–Trinajstić information content (AvgIpc) is 2.47. The Morgan fingerprint density at radius 2 is 1.80 bits per heavy atom. The van der Waals surface area contributed by atoms with Gasteiger partial charge in [-0.25, -0.2) is 0 Å². The lowest BCUT2D eigenvalue weighted by atomic mass is 10.0. The van der Waals surface area contributed by atoms with Gasteiger partial charge in [-0.3, -0.25) is 0 Å². The summed E-state index contributed by atoms with van der Waals surface area (Å²) in [6.45, 7) is 3.08. The second-order valence-electron chi connectivity index (χ2n) is 4.66. The molecule has 0 amide bonds. The second kappa shape index (κ2) is 7.14. The van der Waals surface area contributed by atoms with Gasteiger partial charge in [-0.05, 0) is 49.4 Å². The maximum Gasteiger partial charge on any atom is 0.135 e. The van der Waals surface area contributed by atoms with Gasteiger partial charge in [0.05, 0.1) is 17.3 Å². The first-order valence-electron chi connectivity index (χ1n) is 6.43. The third-order valence-corrected chi connectivity index (χ3v) is 4.48. The zero-order chi connectivity index (χ0) is 14.5. The van der Waals surface area contributed by atoms with E-state index < -0.39 is 0 Å². The van der Waals surface area contributed by atoms with Crippen LogP contribution in [0.25, 0.3) is 0 Å². The van der Waals surface area contributed by atoms with Gasteiger partial charge >= 0.3 is 0 Å². The van der Waals surface area contributed by atoms with E-state index in [-0.39, 0.29) is 0 Å². The minimum Gasteiger partial charge on any atom is -0.495 e. The van der Waals surface area contributed by atoms with Crippen molar-refractivity contribution < 1.29 is 4.74 Å². The number of rotatable bonds is 5. The number of hydrogen-bond donors (Lipinski definition) is 1. The molecule has 0 saturated heterocycles. The third kappa shape index (κ3) is 3.76. The van der Waals surface area contributed by atoms with Crippen LogP contribution in [-0.2, 0) is 0 Å². The molecule has 106 valence electrons. The van der Waals surface area contributed by atoms with Crippen molar-refractivity contribution in [3.8, 4) is 5.75 Å². The van der Waals surface area contributed by atoms with Crippen molar-refractivity contribution in [1.29, 1.82) is 0 Å². The maximum atomic E-state index is 5.32. The summed E-state index contributed by atoms with van der Waals surface area (Å²) >= 11 is 7.04. The number of methoxy groups -OCH3 is 1. The van der Waals surface area contributed by atoms with Crippen LogP contribution in [-0.4, -0.2) is 13.7 Å². The van der Waals surface area contributed by atoms with Crippen LogP contribution in [0.15, 0.2) is 51.4 Å². The smallest absolute Gasteiger partial charge is 0.135 e. The molecule has 2 rings (SSSR count). The van der Waals surface area contributed by atoms with Crippen molar-refractivity contribution in [2.75, 3.05) is 19.0 Å². The fourth-order valence-corrected chi connectivity index (χ4v) is 3.28. The molecule has 0 radical (unpaired) electrons. The minimum absolute atomic E-state index is 0.442. The number of benzene rings is 2. The summed E-state index contributed by atoms with van der Waals surface area (Å²) in [5.74, 6) is 1.26. The molecule has 2 aromatic carbocycles. The second-order valence-corrected chi connectivity index (χ2v) is 6.37. The lowest BCUT2D eigenvalue weighted by Crippen LogP contribution is -2.10. The number of nitrogens with one attached hydrogen (secondary N) is 1. The van der Waals surface area contributed by atoms with Gasteiger partial charge in [-0.15, -0.1) is 0 Å². The van der Waals surface area contributed by atoms with E-state index in [0.29, 0.717) is 5.92 Å². The number of halogens is 2. The maximum absolute atomic E-state index is 5.32. The summed E-state index contributed by atoms with van der Waals surface area (Å²) in [5.41, 5.74) is 2.37. The van der Waals surface area contributed by atoms with Crippen LogP contribution in [0.1, 0.15) is 18.4 Å². The molecule has 0 saturated carbocycles. The number of hydrogen-bond acceptors (Lipinski definition) is 2. The zero-order valence-electron chi connectivity index (χ0n) is 11.5. The van der Waals surface area contributed by atoms with Crippen molar-refractivity contribution in [1.82, 2.24) is 0 Å². The monoisotopic (exact) mass is 397 g/mol. The molecule has 0 aliphatic carbocycles. The van der Waals surface area contributed by atoms with Gasteiger partial charge in [0.1, 0.15) is 5.75 Å². The quantitative estimate of drug-likeness (QED) is 0.724. The van der Waals surface area contributed by atoms with Gasteiger partial charge in [-0.2, -0.15) is 0 Å². The molecule has 0 aliphatic rings. The Kier molecular flexibility index (Phi) is 5.49. The van der Waals surface area contributed by atoms with E-state index in [2.05, 4.69) is 68.4 Å². The first-order chi connectivity index (χ1) is 9.61. The molecule has 4 heteroatoms. The van der Waals surface area contributed by atoms with Crippen LogP contribution in [0, 0.1) is 0 Å². The van der Waals surface area contributed by atoms with Crippen LogP contribution < -0.4 is 10.1 Å². The topological polar surface area (TPSA) is 21.3 Å². The first kappa shape index (κ1) is 15.4. The van der Waals surface area contributed by atoms with Crippen molar-refractivity contribution >= 4 is 37.5 Å². The van der Waals surface area contributed by atoms with E-state index in [4.69, 9.17) is 4.74 Å². The van der Waals surface area contributed by atoms with Crippen molar-refractivity contribution in [2.45, 2.75) is 12.8 Å². The highest BCUT2D eigenvalue weighted by molar-refractivity contribution is 9.11. The third-order valence-electron chi connectivity index (χ3n) is 3.21. The van der Waals surface area contributed by atoms with Gasteiger partial charge < -0.3 is 10.1 Å². The highest BCUT2D eigenvalue weighted by Crippen LogP contribution is 2.34. The van der Waals surface area contributed by atoms with E-state index in [1.54, 1.807) is 7.11 Å².